The topological polar surface area (TPSA) is 21.3 Å². The van der Waals surface area contributed by atoms with E-state index in [2.05, 4.69) is 37.4 Å². The van der Waals surface area contributed by atoms with E-state index >= 15 is 0 Å². The van der Waals surface area contributed by atoms with Crippen LogP contribution in [0.5, 0.6) is 5.75 Å². The van der Waals surface area contributed by atoms with Crippen LogP contribution in [0.25, 0.3) is 0 Å². The third-order valence-corrected chi connectivity index (χ3v) is 2.90. The van der Waals surface area contributed by atoms with Gasteiger partial charge in [-0.15, -0.1) is 0 Å². The van der Waals surface area contributed by atoms with Crippen molar-refractivity contribution in [1.82, 2.24) is 5.32 Å². The lowest BCUT2D eigenvalue weighted by molar-refractivity contribution is 0.270. The summed E-state index contributed by atoms with van der Waals surface area (Å²) < 4.78 is 5.74. The van der Waals surface area contributed by atoms with Gasteiger partial charge in [-0.05, 0) is 43.0 Å². The maximum atomic E-state index is 5.74. The van der Waals surface area contributed by atoms with Gasteiger partial charge >= 0.3 is 0 Å². The Kier molecular flexibility index (Phi) is 3.83. The molecule has 1 aromatic rings. The van der Waals surface area contributed by atoms with E-state index in [4.69, 9.17) is 4.74 Å². The van der Waals surface area contributed by atoms with Gasteiger partial charge < -0.3 is 10.1 Å². The van der Waals surface area contributed by atoms with Crippen molar-refractivity contribution in [2.45, 2.75) is 32.7 Å². The normalized spacial score (nSPS) is 20.3. The van der Waals surface area contributed by atoms with Gasteiger partial charge in [0.25, 0.3) is 0 Å². The highest BCUT2D eigenvalue weighted by Gasteiger charge is 2.16. The molecule has 0 spiro atoms. The maximum Gasteiger partial charge on any atom is 0.119 e. The quantitative estimate of drug-likeness (QED) is 0.840. The Labute approximate surface area is 98.0 Å². The van der Waals surface area contributed by atoms with E-state index in [-0.39, 0.29) is 0 Å². The summed E-state index contributed by atoms with van der Waals surface area (Å²) in [4.78, 5) is 0. The maximum absolute atomic E-state index is 5.74. The Morgan fingerprint density at radius 3 is 3.00 bits per heavy atom. The average Bonchev–Trinajstić information content (AvgIpc) is 2.80. The van der Waals surface area contributed by atoms with Crippen LogP contribution in [0, 0.1) is 5.92 Å². The van der Waals surface area contributed by atoms with Crippen molar-refractivity contribution in [3.63, 3.8) is 0 Å². The molecule has 1 aliphatic rings. The van der Waals surface area contributed by atoms with Crippen LogP contribution in [-0.2, 0) is 0 Å². The first-order chi connectivity index (χ1) is 7.75. The molecule has 0 radical (unpaired) electrons. The van der Waals surface area contributed by atoms with Crippen molar-refractivity contribution >= 4 is 0 Å². The van der Waals surface area contributed by atoms with Gasteiger partial charge in [0.15, 0.2) is 0 Å². The lowest BCUT2D eigenvalue weighted by Gasteiger charge is -2.13. The van der Waals surface area contributed by atoms with Gasteiger partial charge in [0.05, 0.1) is 6.61 Å². The molecule has 1 fully saturated rings. The predicted molar refractivity (Wildman–Crippen MR) is 66.8 cm³/mol. The molecule has 2 heteroatoms. The highest BCUT2D eigenvalue weighted by atomic mass is 16.5. The van der Waals surface area contributed by atoms with Crippen molar-refractivity contribution in [3.05, 3.63) is 29.8 Å². The Morgan fingerprint density at radius 2 is 2.31 bits per heavy atom. The first-order valence-corrected chi connectivity index (χ1v) is 6.22. The molecule has 0 saturated carbocycles. The van der Waals surface area contributed by atoms with Gasteiger partial charge in [0.1, 0.15) is 5.75 Å². The molecule has 1 saturated heterocycles. The van der Waals surface area contributed by atoms with Crippen LogP contribution in [-0.4, -0.2) is 13.2 Å². The number of nitrogens with one attached hydrogen (secondary N) is 1. The summed E-state index contributed by atoms with van der Waals surface area (Å²) in [6.07, 6.45) is 2.52. The van der Waals surface area contributed by atoms with E-state index in [9.17, 15) is 0 Å². The summed E-state index contributed by atoms with van der Waals surface area (Å²) >= 11 is 0. The van der Waals surface area contributed by atoms with Crippen molar-refractivity contribution < 1.29 is 4.74 Å². The minimum atomic E-state index is 0.530. The predicted octanol–water partition coefficient (Wildman–Crippen LogP) is 3.15. The zero-order valence-electron chi connectivity index (χ0n) is 10.2. The summed E-state index contributed by atoms with van der Waals surface area (Å²) in [6, 6.07) is 9.02. The largest absolute Gasteiger partial charge is 0.493 e. The van der Waals surface area contributed by atoms with E-state index in [0.717, 1.165) is 18.9 Å². The van der Waals surface area contributed by atoms with Crippen LogP contribution < -0.4 is 10.1 Å². The fourth-order valence-electron chi connectivity index (χ4n) is 2.05. The number of ether oxygens (including phenoxy) is 1. The van der Waals surface area contributed by atoms with Gasteiger partial charge in [0.2, 0.25) is 0 Å². The molecule has 1 aliphatic heterocycles. The van der Waals surface area contributed by atoms with Gasteiger partial charge in [-0.25, -0.2) is 0 Å². The van der Waals surface area contributed by atoms with Crippen LogP contribution in [0.15, 0.2) is 24.3 Å². The van der Waals surface area contributed by atoms with Crippen molar-refractivity contribution in [1.29, 1.82) is 0 Å². The van der Waals surface area contributed by atoms with Crippen molar-refractivity contribution in [2.75, 3.05) is 13.2 Å². The molecule has 1 atom stereocenters. The fraction of sp³-hybridized carbons (Fsp3) is 0.571. The molecule has 0 bridgehead atoms. The van der Waals surface area contributed by atoms with Gasteiger partial charge in [0, 0.05) is 6.04 Å². The van der Waals surface area contributed by atoms with E-state index in [1.54, 1.807) is 0 Å². The standard InChI is InChI=1S/C14H21NO/c1-11(2)10-16-13-6-3-5-12(9-13)14-7-4-8-15-14/h3,5-6,9,11,14-15H,4,7-8,10H2,1-2H3. The Hall–Kier alpha value is -1.02. The van der Waals surface area contributed by atoms with Crippen molar-refractivity contribution in [2.24, 2.45) is 5.92 Å². The molecule has 2 rings (SSSR count). The fourth-order valence-corrected chi connectivity index (χ4v) is 2.05. The summed E-state index contributed by atoms with van der Waals surface area (Å²) in [6.45, 7) is 6.27. The van der Waals surface area contributed by atoms with Crippen LogP contribution in [0.3, 0.4) is 0 Å². The Balaban J connectivity index is 2.01. The van der Waals surface area contributed by atoms with E-state index < -0.39 is 0 Å². The second kappa shape index (κ2) is 5.35. The first-order valence-electron chi connectivity index (χ1n) is 6.22. The molecule has 1 N–H and O–H groups in total. The number of hydrogen-bond donors (Lipinski definition) is 1. The minimum absolute atomic E-state index is 0.530. The lowest BCUT2D eigenvalue weighted by atomic mass is 10.1. The van der Waals surface area contributed by atoms with Gasteiger partial charge in [-0.1, -0.05) is 26.0 Å². The SMILES string of the molecule is CC(C)COc1cccc(C2CCCN2)c1. The first kappa shape index (κ1) is 11.5. The zero-order chi connectivity index (χ0) is 11.4. The molecule has 0 aromatic heterocycles. The number of benzene rings is 1. The third kappa shape index (κ3) is 2.99. The van der Waals surface area contributed by atoms with E-state index in [1.165, 1.54) is 18.4 Å². The molecule has 88 valence electrons. The Morgan fingerprint density at radius 1 is 1.44 bits per heavy atom. The van der Waals surface area contributed by atoms with Gasteiger partial charge in [-0.2, -0.15) is 0 Å². The van der Waals surface area contributed by atoms with Crippen LogP contribution in [0.1, 0.15) is 38.3 Å². The minimum Gasteiger partial charge on any atom is -0.493 e. The average molecular weight is 219 g/mol. The molecular formula is C14H21NO. The van der Waals surface area contributed by atoms with E-state index in [0.29, 0.717) is 12.0 Å². The monoisotopic (exact) mass is 219 g/mol. The molecular weight excluding hydrogens is 198 g/mol. The summed E-state index contributed by atoms with van der Waals surface area (Å²) in [7, 11) is 0. The van der Waals surface area contributed by atoms with Crippen LogP contribution in [0.2, 0.25) is 0 Å². The number of rotatable bonds is 4. The third-order valence-electron chi connectivity index (χ3n) is 2.90. The smallest absolute Gasteiger partial charge is 0.119 e. The van der Waals surface area contributed by atoms with Crippen molar-refractivity contribution in [3.8, 4) is 5.75 Å². The summed E-state index contributed by atoms with van der Waals surface area (Å²) in [5.74, 6) is 1.58. The second-order valence-corrected chi connectivity index (χ2v) is 4.93. The second-order valence-electron chi connectivity index (χ2n) is 4.93. The van der Waals surface area contributed by atoms with Gasteiger partial charge in [-0.3, -0.25) is 0 Å². The molecule has 1 aromatic carbocycles. The van der Waals surface area contributed by atoms with Crippen LogP contribution >= 0.6 is 0 Å². The highest BCUT2D eigenvalue weighted by molar-refractivity contribution is 5.31. The summed E-state index contributed by atoms with van der Waals surface area (Å²) in [5.41, 5.74) is 1.36. The van der Waals surface area contributed by atoms with Crippen LogP contribution in [0.4, 0.5) is 0 Å². The molecule has 1 heterocycles. The zero-order valence-corrected chi connectivity index (χ0v) is 10.2. The molecule has 0 aliphatic carbocycles. The van der Waals surface area contributed by atoms with E-state index in [1.807, 2.05) is 6.07 Å². The lowest BCUT2D eigenvalue weighted by Crippen LogP contribution is -2.13. The molecule has 1 unspecified atom stereocenters. The number of hydrogen-bond acceptors (Lipinski definition) is 2. The highest BCUT2D eigenvalue weighted by Crippen LogP contribution is 2.25. The molecule has 0 amide bonds. The summed E-state index contributed by atoms with van der Waals surface area (Å²) in [5, 5.41) is 3.51. The molecule has 16 heavy (non-hydrogen) atoms. The Bertz CT molecular complexity index is 329. The molecule has 2 nitrogen and oxygen atoms in total.